The molecule has 0 saturated carbocycles. The lowest BCUT2D eigenvalue weighted by atomic mass is 10.1. The molecular formula is C40H23N5O. The second-order valence-electron chi connectivity index (χ2n) is 11.2. The first-order valence-corrected chi connectivity index (χ1v) is 15.0. The van der Waals surface area contributed by atoms with Crippen molar-refractivity contribution in [3.63, 3.8) is 0 Å². The quantitative estimate of drug-likeness (QED) is 0.204. The highest BCUT2D eigenvalue weighted by Gasteiger charge is 2.20. The highest BCUT2D eigenvalue weighted by molar-refractivity contribution is 6.21. The average molecular weight is 590 g/mol. The predicted octanol–water partition coefficient (Wildman–Crippen LogP) is 9.74. The molecule has 0 saturated heterocycles. The van der Waals surface area contributed by atoms with Gasteiger partial charge in [-0.2, -0.15) is 5.26 Å². The largest absolute Gasteiger partial charge is 0.454 e. The van der Waals surface area contributed by atoms with Crippen LogP contribution in [0.4, 0.5) is 0 Å². The molecule has 0 radical (unpaired) electrons. The van der Waals surface area contributed by atoms with E-state index < -0.39 is 0 Å². The van der Waals surface area contributed by atoms with Gasteiger partial charge >= 0.3 is 0 Å². The van der Waals surface area contributed by atoms with Gasteiger partial charge in [0.2, 0.25) is 0 Å². The number of hydrogen-bond donors (Lipinski definition) is 0. The minimum atomic E-state index is 0.590. The van der Waals surface area contributed by atoms with Gasteiger partial charge in [0.05, 0.1) is 22.7 Å². The molecule has 0 aliphatic rings. The Labute approximate surface area is 263 Å². The second kappa shape index (κ2) is 10.3. The number of hydrogen-bond acceptors (Lipinski definition) is 5. The lowest BCUT2D eigenvalue weighted by molar-refractivity contribution is 0.671. The summed E-state index contributed by atoms with van der Waals surface area (Å²) >= 11 is 0. The van der Waals surface area contributed by atoms with Crippen molar-refractivity contribution in [2.24, 2.45) is 0 Å². The zero-order valence-electron chi connectivity index (χ0n) is 24.4. The first-order chi connectivity index (χ1) is 22.7. The first-order valence-electron chi connectivity index (χ1n) is 15.0. The maximum Gasteiger partial charge on any atom is 0.164 e. The third-order valence-electron chi connectivity index (χ3n) is 8.47. The summed E-state index contributed by atoms with van der Waals surface area (Å²) in [7, 11) is 0. The predicted molar refractivity (Wildman–Crippen MR) is 182 cm³/mol. The van der Waals surface area contributed by atoms with Crippen LogP contribution in [0.2, 0.25) is 0 Å². The van der Waals surface area contributed by atoms with Crippen LogP contribution in [0.1, 0.15) is 5.56 Å². The maximum atomic E-state index is 9.65. The Kier molecular flexibility index (Phi) is 5.77. The van der Waals surface area contributed by atoms with Gasteiger partial charge in [-0.15, -0.1) is 0 Å². The normalized spacial score (nSPS) is 11.5. The Balaban J connectivity index is 1.29. The van der Waals surface area contributed by atoms with Crippen molar-refractivity contribution in [2.45, 2.75) is 0 Å². The molecule has 0 bridgehead atoms. The first kappa shape index (κ1) is 25.9. The van der Waals surface area contributed by atoms with Crippen molar-refractivity contribution in [2.75, 3.05) is 0 Å². The number of aromatic nitrogens is 4. The summed E-state index contributed by atoms with van der Waals surface area (Å²) in [6.07, 6.45) is 0. The molecule has 0 fully saturated rings. The van der Waals surface area contributed by atoms with Crippen LogP contribution in [0.25, 0.3) is 83.6 Å². The molecule has 214 valence electrons. The van der Waals surface area contributed by atoms with Crippen LogP contribution in [0, 0.1) is 11.3 Å². The molecule has 0 N–H and O–H groups in total. The standard InChI is InChI=1S/C40H23N5O/c41-24-25-16-20-34-32(22-25)30-18-19-31-33-23-28(17-21-35(33)46-37(31)36(30)45(34)29-14-8-3-9-15-29)40-43-38(26-10-4-1-5-11-26)42-39(44-40)27-12-6-2-7-13-27/h1-23H. The number of fused-ring (bicyclic) bond motifs is 7. The van der Waals surface area contributed by atoms with E-state index in [0.717, 1.165) is 66.1 Å². The van der Waals surface area contributed by atoms with Gasteiger partial charge in [0.1, 0.15) is 5.58 Å². The third kappa shape index (κ3) is 4.07. The maximum absolute atomic E-state index is 9.65. The molecule has 0 amide bonds. The highest BCUT2D eigenvalue weighted by Crippen LogP contribution is 2.41. The van der Waals surface area contributed by atoms with E-state index in [2.05, 4.69) is 41.0 Å². The van der Waals surface area contributed by atoms with E-state index >= 15 is 0 Å². The molecule has 0 unspecified atom stereocenters. The summed E-state index contributed by atoms with van der Waals surface area (Å²) < 4.78 is 8.88. The van der Waals surface area contributed by atoms with Gasteiger partial charge in [0.15, 0.2) is 23.1 Å². The Hall–Kier alpha value is -6.58. The molecule has 6 heteroatoms. The zero-order valence-corrected chi connectivity index (χ0v) is 24.4. The summed E-state index contributed by atoms with van der Waals surface area (Å²) in [5, 5.41) is 13.7. The van der Waals surface area contributed by atoms with Crippen LogP contribution in [-0.4, -0.2) is 19.5 Å². The summed E-state index contributed by atoms with van der Waals surface area (Å²) in [5.74, 6) is 1.83. The molecule has 0 spiro atoms. The van der Waals surface area contributed by atoms with Gasteiger partial charge in [0, 0.05) is 43.9 Å². The van der Waals surface area contributed by atoms with Gasteiger partial charge in [-0.25, -0.2) is 15.0 Å². The van der Waals surface area contributed by atoms with Crippen LogP contribution in [0.5, 0.6) is 0 Å². The van der Waals surface area contributed by atoms with Crippen molar-refractivity contribution in [1.82, 2.24) is 19.5 Å². The second-order valence-corrected chi connectivity index (χ2v) is 11.2. The van der Waals surface area contributed by atoms with Crippen LogP contribution >= 0.6 is 0 Å². The van der Waals surface area contributed by atoms with Crippen molar-refractivity contribution in [3.8, 4) is 45.9 Å². The smallest absolute Gasteiger partial charge is 0.164 e. The van der Waals surface area contributed by atoms with Crippen molar-refractivity contribution < 1.29 is 4.42 Å². The highest BCUT2D eigenvalue weighted by atomic mass is 16.3. The number of furan rings is 1. The van der Waals surface area contributed by atoms with Crippen molar-refractivity contribution in [1.29, 1.82) is 5.26 Å². The number of para-hydroxylation sites is 1. The van der Waals surface area contributed by atoms with Crippen LogP contribution < -0.4 is 0 Å². The van der Waals surface area contributed by atoms with Gasteiger partial charge in [-0.1, -0.05) is 84.9 Å². The molecule has 46 heavy (non-hydrogen) atoms. The fourth-order valence-electron chi connectivity index (χ4n) is 6.32. The molecule has 9 rings (SSSR count). The molecule has 6 aromatic carbocycles. The van der Waals surface area contributed by atoms with Crippen LogP contribution in [0.3, 0.4) is 0 Å². The molecule has 3 heterocycles. The van der Waals surface area contributed by atoms with E-state index in [1.54, 1.807) is 0 Å². The van der Waals surface area contributed by atoms with Gasteiger partial charge in [-0.05, 0) is 54.6 Å². The fourth-order valence-corrected chi connectivity index (χ4v) is 6.32. The van der Waals surface area contributed by atoms with E-state index in [1.807, 2.05) is 109 Å². The average Bonchev–Trinajstić information content (AvgIpc) is 3.67. The lowest BCUT2D eigenvalue weighted by Crippen LogP contribution is -2.00. The summed E-state index contributed by atoms with van der Waals surface area (Å²) in [6, 6.07) is 48.7. The number of benzene rings is 6. The SMILES string of the molecule is N#Cc1ccc2c(c1)c1ccc3c4cc(-c5nc(-c6ccccc6)nc(-c6ccccc6)n5)ccc4oc3c1n2-c1ccccc1. The molecule has 0 aliphatic carbocycles. The Morgan fingerprint density at radius 2 is 1.13 bits per heavy atom. The lowest BCUT2D eigenvalue weighted by Gasteiger charge is -2.08. The minimum absolute atomic E-state index is 0.590. The fraction of sp³-hybridized carbons (Fsp3) is 0. The zero-order chi connectivity index (χ0) is 30.6. The minimum Gasteiger partial charge on any atom is -0.454 e. The topological polar surface area (TPSA) is 80.5 Å². The molecule has 3 aromatic heterocycles. The molecule has 0 aliphatic heterocycles. The van der Waals surface area contributed by atoms with Crippen LogP contribution in [-0.2, 0) is 0 Å². The summed E-state index contributed by atoms with van der Waals surface area (Å²) in [6.45, 7) is 0. The molecule has 6 nitrogen and oxygen atoms in total. The Bertz CT molecular complexity index is 2580. The molecular weight excluding hydrogens is 566 g/mol. The van der Waals surface area contributed by atoms with Crippen LogP contribution in [0.15, 0.2) is 144 Å². The van der Waals surface area contributed by atoms with Gasteiger partial charge < -0.3 is 8.98 Å². The van der Waals surface area contributed by atoms with Crippen molar-refractivity contribution >= 4 is 43.7 Å². The Morgan fingerprint density at radius 3 is 1.78 bits per heavy atom. The van der Waals surface area contributed by atoms with E-state index in [0.29, 0.717) is 23.0 Å². The Morgan fingerprint density at radius 1 is 0.522 bits per heavy atom. The summed E-state index contributed by atoms with van der Waals surface area (Å²) in [5.41, 5.74) is 7.90. The van der Waals surface area contributed by atoms with Gasteiger partial charge in [0.25, 0.3) is 0 Å². The number of nitrogens with zero attached hydrogens (tertiary/aromatic N) is 5. The number of nitriles is 1. The third-order valence-corrected chi connectivity index (χ3v) is 8.47. The number of rotatable bonds is 4. The van der Waals surface area contributed by atoms with E-state index in [1.165, 1.54) is 0 Å². The van der Waals surface area contributed by atoms with E-state index in [4.69, 9.17) is 19.4 Å². The molecule has 0 atom stereocenters. The monoisotopic (exact) mass is 589 g/mol. The van der Waals surface area contributed by atoms with Crippen molar-refractivity contribution in [3.05, 3.63) is 145 Å². The molecule has 9 aromatic rings. The van der Waals surface area contributed by atoms with Gasteiger partial charge in [-0.3, -0.25) is 0 Å². The van der Waals surface area contributed by atoms with E-state index in [-0.39, 0.29) is 0 Å². The van der Waals surface area contributed by atoms with E-state index in [9.17, 15) is 5.26 Å². The summed E-state index contributed by atoms with van der Waals surface area (Å²) in [4.78, 5) is 14.7.